The highest BCUT2D eigenvalue weighted by molar-refractivity contribution is 5.79. The van der Waals surface area contributed by atoms with Crippen LogP contribution in [0, 0.1) is 5.41 Å². The second kappa shape index (κ2) is 4.48. The van der Waals surface area contributed by atoms with Gasteiger partial charge < -0.3 is 4.90 Å². The first-order valence-corrected chi connectivity index (χ1v) is 4.77. The lowest BCUT2D eigenvalue weighted by Crippen LogP contribution is -2.44. The van der Waals surface area contributed by atoms with Crippen molar-refractivity contribution in [2.45, 2.75) is 52.5 Å². The van der Waals surface area contributed by atoms with Crippen molar-refractivity contribution in [1.29, 1.82) is 5.41 Å². The molecule has 72 valence electrons. The van der Waals surface area contributed by atoms with Crippen LogP contribution in [-0.2, 0) is 0 Å². The smallest absolute Gasteiger partial charge is 0.0959 e. The van der Waals surface area contributed by atoms with Crippen LogP contribution < -0.4 is 0 Å². The highest BCUT2D eigenvalue weighted by Gasteiger charge is 2.22. The van der Waals surface area contributed by atoms with E-state index < -0.39 is 0 Å². The topological polar surface area (TPSA) is 27.1 Å². The number of hydrogen-bond acceptors (Lipinski definition) is 1. The summed E-state index contributed by atoms with van der Waals surface area (Å²) in [5.41, 5.74) is 0.131. The van der Waals surface area contributed by atoms with Gasteiger partial charge in [-0.2, -0.15) is 0 Å². The summed E-state index contributed by atoms with van der Waals surface area (Å²) in [6, 6.07) is 0. The SMILES string of the molecule is CCCC(=N)N(C)C(C)(C)CC. The number of amidine groups is 1. The Morgan fingerprint density at radius 3 is 2.17 bits per heavy atom. The van der Waals surface area contributed by atoms with Crippen LogP contribution in [0.5, 0.6) is 0 Å². The highest BCUT2D eigenvalue weighted by Crippen LogP contribution is 2.17. The van der Waals surface area contributed by atoms with E-state index in [0.29, 0.717) is 0 Å². The van der Waals surface area contributed by atoms with E-state index >= 15 is 0 Å². The molecule has 0 saturated carbocycles. The van der Waals surface area contributed by atoms with Crippen molar-refractivity contribution >= 4 is 5.84 Å². The molecular weight excluding hydrogens is 148 g/mol. The molecule has 2 nitrogen and oxygen atoms in total. The molecule has 1 N–H and O–H groups in total. The molecule has 0 aliphatic heterocycles. The van der Waals surface area contributed by atoms with Crippen LogP contribution in [0.25, 0.3) is 0 Å². The molecule has 0 aliphatic rings. The fourth-order valence-electron chi connectivity index (χ4n) is 1.01. The van der Waals surface area contributed by atoms with Gasteiger partial charge in [0.25, 0.3) is 0 Å². The molecule has 0 rings (SSSR count). The van der Waals surface area contributed by atoms with Gasteiger partial charge in [0.15, 0.2) is 0 Å². The van der Waals surface area contributed by atoms with Crippen molar-refractivity contribution in [1.82, 2.24) is 4.90 Å². The summed E-state index contributed by atoms with van der Waals surface area (Å²) >= 11 is 0. The molecule has 2 heteroatoms. The van der Waals surface area contributed by atoms with Crippen molar-refractivity contribution in [2.24, 2.45) is 0 Å². The van der Waals surface area contributed by atoms with Gasteiger partial charge in [-0.3, -0.25) is 5.41 Å². The minimum Gasteiger partial charge on any atom is -0.359 e. The Morgan fingerprint density at radius 1 is 1.33 bits per heavy atom. The Morgan fingerprint density at radius 2 is 1.83 bits per heavy atom. The summed E-state index contributed by atoms with van der Waals surface area (Å²) < 4.78 is 0. The number of rotatable bonds is 4. The first-order valence-electron chi connectivity index (χ1n) is 4.77. The van der Waals surface area contributed by atoms with Crippen molar-refractivity contribution in [3.63, 3.8) is 0 Å². The molecule has 0 aromatic carbocycles. The number of nitrogens with zero attached hydrogens (tertiary/aromatic N) is 1. The van der Waals surface area contributed by atoms with Gasteiger partial charge in [-0.1, -0.05) is 13.8 Å². The normalized spacial score (nSPS) is 11.4. The third kappa shape index (κ3) is 2.84. The van der Waals surface area contributed by atoms with Gasteiger partial charge in [0.05, 0.1) is 5.84 Å². The molecule has 0 aromatic rings. The maximum Gasteiger partial charge on any atom is 0.0959 e. The van der Waals surface area contributed by atoms with E-state index in [-0.39, 0.29) is 5.54 Å². The van der Waals surface area contributed by atoms with Crippen LogP contribution in [0.1, 0.15) is 47.0 Å². The zero-order valence-corrected chi connectivity index (χ0v) is 9.07. The lowest BCUT2D eigenvalue weighted by atomic mass is 9.99. The largest absolute Gasteiger partial charge is 0.359 e. The minimum atomic E-state index is 0.131. The Bertz CT molecular complexity index is 150. The van der Waals surface area contributed by atoms with Crippen LogP contribution in [0.3, 0.4) is 0 Å². The van der Waals surface area contributed by atoms with E-state index in [1.54, 1.807) is 0 Å². The van der Waals surface area contributed by atoms with Crippen LogP contribution in [0.2, 0.25) is 0 Å². The van der Waals surface area contributed by atoms with E-state index in [2.05, 4.69) is 32.6 Å². The third-order valence-electron chi connectivity index (χ3n) is 2.66. The number of nitrogens with one attached hydrogen (secondary N) is 1. The van der Waals surface area contributed by atoms with Crippen LogP contribution in [0.4, 0.5) is 0 Å². The van der Waals surface area contributed by atoms with Crippen molar-refractivity contribution < 1.29 is 0 Å². The van der Waals surface area contributed by atoms with Gasteiger partial charge in [-0.25, -0.2) is 0 Å². The van der Waals surface area contributed by atoms with Gasteiger partial charge in [-0.05, 0) is 26.7 Å². The maximum atomic E-state index is 7.78. The van der Waals surface area contributed by atoms with E-state index in [9.17, 15) is 0 Å². The highest BCUT2D eigenvalue weighted by atomic mass is 15.2. The second-order valence-electron chi connectivity index (χ2n) is 3.92. The Labute approximate surface area is 76.5 Å². The summed E-state index contributed by atoms with van der Waals surface area (Å²) in [4.78, 5) is 2.08. The van der Waals surface area contributed by atoms with Crippen molar-refractivity contribution in [3.8, 4) is 0 Å². The van der Waals surface area contributed by atoms with Gasteiger partial charge in [0.2, 0.25) is 0 Å². The molecule has 0 unspecified atom stereocenters. The summed E-state index contributed by atoms with van der Waals surface area (Å²) in [5.74, 6) is 0.754. The first kappa shape index (κ1) is 11.5. The Kier molecular flexibility index (Phi) is 4.29. The monoisotopic (exact) mass is 170 g/mol. The molecule has 12 heavy (non-hydrogen) atoms. The number of hydrogen-bond donors (Lipinski definition) is 1. The fourth-order valence-corrected chi connectivity index (χ4v) is 1.01. The molecule has 0 aliphatic carbocycles. The van der Waals surface area contributed by atoms with E-state index in [1.807, 2.05) is 7.05 Å². The Balaban J connectivity index is 4.17. The molecule has 0 spiro atoms. The van der Waals surface area contributed by atoms with Crippen molar-refractivity contribution in [3.05, 3.63) is 0 Å². The fraction of sp³-hybridized carbons (Fsp3) is 0.900. The van der Waals surface area contributed by atoms with Gasteiger partial charge >= 0.3 is 0 Å². The van der Waals surface area contributed by atoms with Crippen LogP contribution in [0.15, 0.2) is 0 Å². The Hall–Kier alpha value is -0.530. The van der Waals surface area contributed by atoms with Crippen LogP contribution >= 0.6 is 0 Å². The molecule has 0 heterocycles. The molecule has 0 aromatic heterocycles. The van der Waals surface area contributed by atoms with E-state index in [4.69, 9.17) is 5.41 Å². The summed E-state index contributed by atoms with van der Waals surface area (Å²) in [7, 11) is 2.02. The summed E-state index contributed by atoms with van der Waals surface area (Å²) in [5, 5.41) is 7.78. The quantitative estimate of drug-likeness (QED) is 0.510. The van der Waals surface area contributed by atoms with E-state index in [0.717, 1.165) is 25.1 Å². The molecule has 0 saturated heterocycles. The van der Waals surface area contributed by atoms with E-state index in [1.165, 1.54) is 0 Å². The zero-order valence-electron chi connectivity index (χ0n) is 9.07. The maximum absolute atomic E-state index is 7.78. The standard InChI is InChI=1S/C10H22N2/c1-6-8-9(11)12(5)10(3,4)7-2/h11H,6-8H2,1-5H3. The third-order valence-corrected chi connectivity index (χ3v) is 2.66. The van der Waals surface area contributed by atoms with Crippen molar-refractivity contribution in [2.75, 3.05) is 7.05 Å². The second-order valence-corrected chi connectivity index (χ2v) is 3.92. The molecular formula is C10H22N2. The molecule has 0 bridgehead atoms. The van der Waals surface area contributed by atoms with Gasteiger partial charge in [-0.15, -0.1) is 0 Å². The lowest BCUT2D eigenvalue weighted by Gasteiger charge is -2.36. The average Bonchev–Trinajstić information content (AvgIpc) is 2.03. The lowest BCUT2D eigenvalue weighted by molar-refractivity contribution is 0.240. The zero-order chi connectivity index (χ0) is 9.78. The van der Waals surface area contributed by atoms with Crippen LogP contribution in [-0.4, -0.2) is 23.3 Å². The van der Waals surface area contributed by atoms with Gasteiger partial charge in [0.1, 0.15) is 0 Å². The van der Waals surface area contributed by atoms with Gasteiger partial charge in [0, 0.05) is 19.0 Å². The first-order chi connectivity index (χ1) is 5.45. The average molecular weight is 170 g/mol. The molecule has 0 radical (unpaired) electrons. The molecule has 0 fully saturated rings. The predicted molar refractivity (Wildman–Crippen MR) is 54.8 cm³/mol. The predicted octanol–water partition coefficient (Wildman–Crippen LogP) is 2.88. The molecule has 0 amide bonds. The summed E-state index contributed by atoms with van der Waals surface area (Å²) in [6.07, 6.45) is 3.03. The summed E-state index contributed by atoms with van der Waals surface area (Å²) in [6.45, 7) is 8.63. The molecule has 0 atom stereocenters. The minimum absolute atomic E-state index is 0.131.